The molecule has 0 fully saturated rings. The van der Waals surface area contributed by atoms with Gasteiger partial charge in [-0.25, -0.2) is 0 Å². The van der Waals surface area contributed by atoms with Gasteiger partial charge in [0, 0.05) is 34.3 Å². The summed E-state index contributed by atoms with van der Waals surface area (Å²) in [5.74, 6) is 0. The largest absolute Gasteiger partial charge is 0.256 e. The lowest BCUT2D eigenvalue weighted by Crippen LogP contribution is -2.35. The van der Waals surface area contributed by atoms with Crippen LogP contribution >= 0.6 is 0 Å². The molecule has 198 valence electrons. The highest BCUT2D eigenvalue weighted by Gasteiger charge is 2.49. The van der Waals surface area contributed by atoms with Crippen LogP contribution in [0.2, 0.25) is 12.1 Å². The lowest BCUT2D eigenvalue weighted by Gasteiger charge is -2.33. The SMILES string of the molecule is CC[Si]1(CC)C(c2cccc3cccnc23)=C(c2ccccc2)C(c2ccccc2)=C1c1cccc2cccnc12. The Morgan fingerprint density at radius 2 is 0.878 bits per heavy atom. The molecule has 2 aromatic heterocycles. The van der Waals surface area contributed by atoms with E-state index < -0.39 is 8.07 Å². The van der Waals surface area contributed by atoms with Gasteiger partial charge in [-0.15, -0.1) is 0 Å². The molecule has 0 saturated carbocycles. The normalized spacial score (nSPS) is 14.8. The van der Waals surface area contributed by atoms with E-state index in [0.29, 0.717) is 0 Å². The Morgan fingerprint density at radius 1 is 0.463 bits per heavy atom. The predicted molar refractivity (Wildman–Crippen MR) is 177 cm³/mol. The van der Waals surface area contributed by atoms with E-state index in [4.69, 9.17) is 9.97 Å². The lowest BCUT2D eigenvalue weighted by molar-refractivity contribution is 1.29. The van der Waals surface area contributed by atoms with Gasteiger partial charge >= 0.3 is 0 Å². The van der Waals surface area contributed by atoms with Gasteiger partial charge in [0.05, 0.1) is 11.0 Å². The minimum atomic E-state index is -2.37. The molecule has 4 aromatic carbocycles. The first kappa shape index (κ1) is 25.4. The van der Waals surface area contributed by atoms with Crippen LogP contribution in [0.3, 0.4) is 0 Å². The van der Waals surface area contributed by atoms with Crippen molar-refractivity contribution in [2.75, 3.05) is 0 Å². The van der Waals surface area contributed by atoms with Crippen molar-refractivity contribution < 1.29 is 0 Å². The second kappa shape index (κ2) is 10.4. The van der Waals surface area contributed by atoms with Crippen LogP contribution in [-0.4, -0.2) is 18.0 Å². The number of aromatic nitrogens is 2. The number of nitrogens with zero attached hydrogens (tertiary/aromatic N) is 2. The molecule has 0 radical (unpaired) electrons. The first-order valence-electron chi connectivity index (χ1n) is 14.6. The van der Waals surface area contributed by atoms with Crippen LogP contribution in [0, 0.1) is 0 Å². The number of para-hydroxylation sites is 2. The quantitative estimate of drug-likeness (QED) is 0.195. The number of pyridine rings is 2. The van der Waals surface area contributed by atoms with Gasteiger partial charge in [-0.2, -0.15) is 0 Å². The average Bonchev–Trinajstić information content (AvgIpc) is 3.36. The third-order valence-corrected chi connectivity index (χ3v) is 14.2. The van der Waals surface area contributed by atoms with Crippen LogP contribution in [0.5, 0.6) is 0 Å². The van der Waals surface area contributed by atoms with Gasteiger partial charge < -0.3 is 0 Å². The van der Waals surface area contributed by atoms with E-state index in [9.17, 15) is 0 Å². The van der Waals surface area contributed by atoms with E-state index in [0.717, 1.165) is 23.1 Å². The third-order valence-electron chi connectivity index (χ3n) is 8.84. The third kappa shape index (κ3) is 4.00. The molecule has 0 atom stereocenters. The van der Waals surface area contributed by atoms with Gasteiger partial charge in [0.15, 0.2) is 0 Å². The van der Waals surface area contributed by atoms with Gasteiger partial charge in [-0.3, -0.25) is 9.97 Å². The van der Waals surface area contributed by atoms with Gasteiger partial charge in [-0.05, 0) is 44.8 Å². The molecule has 6 aromatic rings. The second-order valence-electron chi connectivity index (χ2n) is 10.8. The maximum Gasteiger partial charge on any atom is 0.121 e. The van der Waals surface area contributed by atoms with Crippen LogP contribution in [0.15, 0.2) is 134 Å². The molecule has 1 aliphatic rings. The summed E-state index contributed by atoms with van der Waals surface area (Å²) >= 11 is 0. The van der Waals surface area contributed by atoms with Gasteiger partial charge in [0.25, 0.3) is 0 Å². The summed E-state index contributed by atoms with van der Waals surface area (Å²) in [7, 11) is -2.37. The van der Waals surface area contributed by atoms with Gasteiger partial charge in [0.1, 0.15) is 8.07 Å². The van der Waals surface area contributed by atoms with Crippen LogP contribution in [0.1, 0.15) is 36.1 Å². The van der Waals surface area contributed by atoms with E-state index in [1.165, 1.54) is 54.6 Å². The fourth-order valence-electron chi connectivity index (χ4n) is 6.99. The Balaban J connectivity index is 1.70. The maximum atomic E-state index is 4.99. The van der Waals surface area contributed by atoms with E-state index in [1.807, 2.05) is 24.5 Å². The van der Waals surface area contributed by atoms with Crippen molar-refractivity contribution in [3.05, 3.63) is 156 Å². The van der Waals surface area contributed by atoms with E-state index in [1.54, 1.807) is 0 Å². The summed E-state index contributed by atoms with van der Waals surface area (Å²) < 4.78 is 0. The number of rotatable bonds is 6. The zero-order valence-corrected chi connectivity index (χ0v) is 24.5. The Bertz CT molecular complexity index is 1800. The molecule has 0 amide bonds. The number of hydrogen-bond donors (Lipinski definition) is 0. The van der Waals surface area contributed by atoms with Crippen LogP contribution in [-0.2, 0) is 0 Å². The molecule has 0 N–H and O–H groups in total. The van der Waals surface area contributed by atoms with Crippen molar-refractivity contribution in [2.45, 2.75) is 25.9 Å². The van der Waals surface area contributed by atoms with Crippen molar-refractivity contribution in [1.82, 2.24) is 9.97 Å². The molecular weight excluding hydrogens is 513 g/mol. The highest BCUT2D eigenvalue weighted by Crippen LogP contribution is 2.59. The number of allylic oxidation sites excluding steroid dienone is 2. The lowest BCUT2D eigenvalue weighted by atomic mass is 9.88. The van der Waals surface area contributed by atoms with Crippen molar-refractivity contribution >= 4 is 51.4 Å². The molecule has 0 saturated heterocycles. The highest BCUT2D eigenvalue weighted by molar-refractivity contribution is 7.14. The fourth-order valence-corrected chi connectivity index (χ4v) is 12.1. The zero-order chi connectivity index (χ0) is 27.8. The minimum absolute atomic E-state index is 1.09. The summed E-state index contributed by atoms with van der Waals surface area (Å²) in [6.07, 6.45) is 3.87. The first-order valence-corrected chi connectivity index (χ1v) is 17.0. The summed E-state index contributed by atoms with van der Waals surface area (Å²) in [6, 6.07) is 46.1. The summed E-state index contributed by atoms with van der Waals surface area (Å²) in [4.78, 5) is 9.98. The maximum absolute atomic E-state index is 4.99. The van der Waals surface area contributed by atoms with E-state index in [2.05, 4.69) is 123 Å². The molecule has 0 aliphatic carbocycles. The topological polar surface area (TPSA) is 25.8 Å². The Morgan fingerprint density at radius 3 is 1.29 bits per heavy atom. The summed E-state index contributed by atoms with van der Waals surface area (Å²) in [5, 5.41) is 5.36. The monoisotopic (exact) mass is 544 g/mol. The predicted octanol–water partition coefficient (Wildman–Crippen LogP) is 9.89. The molecule has 2 nitrogen and oxygen atoms in total. The average molecular weight is 545 g/mol. The Kier molecular flexibility index (Phi) is 6.45. The molecule has 7 rings (SSSR count). The number of benzene rings is 4. The highest BCUT2D eigenvalue weighted by atomic mass is 28.3. The molecular formula is C38H32N2Si. The zero-order valence-electron chi connectivity index (χ0n) is 23.5. The van der Waals surface area contributed by atoms with Gasteiger partial charge in [0.2, 0.25) is 0 Å². The number of fused-ring (bicyclic) bond motifs is 2. The van der Waals surface area contributed by atoms with E-state index in [-0.39, 0.29) is 0 Å². The van der Waals surface area contributed by atoms with Crippen molar-refractivity contribution in [2.24, 2.45) is 0 Å². The molecule has 0 spiro atoms. The van der Waals surface area contributed by atoms with E-state index >= 15 is 0 Å². The van der Waals surface area contributed by atoms with Crippen LogP contribution < -0.4 is 0 Å². The standard InChI is InChI=1S/C38H32N2Si/c1-3-41(4-2)37(31-23-11-19-29-21-13-25-39-35(29)31)33(27-15-7-5-8-16-27)34(28-17-9-6-10-18-28)38(41)32-24-12-20-30-22-14-26-40-36(30)32/h5-26H,3-4H2,1-2H3. The van der Waals surface area contributed by atoms with Crippen molar-refractivity contribution in [3.8, 4) is 0 Å². The van der Waals surface area contributed by atoms with Crippen LogP contribution in [0.4, 0.5) is 0 Å². The molecule has 41 heavy (non-hydrogen) atoms. The molecule has 0 unspecified atom stereocenters. The Labute approximate surface area is 242 Å². The van der Waals surface area contributed by atoms with Gasteiger partial charge in [-0.1, -0.05) is 135 Å². The smallest absolute Gasteiger partial charge is 0.121 e. The Hall–Kier alpha value is -4.60. The molecule has 3 heterocycles. The second-order valence-corrected chi connectivity index (χ2v) is 15.4. The number of hydrogen-bond acceptors (Lipinski definition) is 2. The fraction of sp³-hybridized carbons (Fsp3) is 0.105. The summed E-state index contributed by atoms with van der Waals surface area (Å²) in [5.41, 5.74) is 9.95. The van der Waals surface area contributed by atoms with Crippen molar-refractivity contribution in [1.29, 1.82) is 0 Å². The molecule has 0 bridgehead atoms. The molecule has 1 aliphatic heterocycles. The van der Waals surface area contributed by atoms with Crippen LogP contribution in [0.25, 0.3) is 43.3 Å². The van der Waals surface area contributed by atoms with Crippen molar-refractivity contribution in [3.63, 3.8) is 0 Å². The minimum Gasteiger partial charge on any atom is -0.256 e. The summed E-state index contributed by atoms with van der Waals surface area (Å²) in [6.45, 7) is 4.81. The first-order chi connectivity index (χ1) is 20.3. The molecule has 3 heteroatoms.